The number of hydrogen-bond acceptors (Lipinski definition) is 4. The number of piperazine rings is 1. The minimum atomic E-state index is -0.264. The monoisotopic (exact) mass is 314 g/mol. The van der Waals surface area contributed by atoms with Crippen molar-refractivity contribution in [2.45, 2.75) is 20.4 Å². The summed E-state index contributed by atoms with van der Waals surface area (Å²) in [6.07, 6.45) is 0. The molecule has 0 N–H and O–H groups in total. The Kier molecular flexibility index (Phi) is 4.23. The molecule has 1 amide bonds. The first-order valence-electron chi connectivity index (χ1n) is 7.61. The third kappa shape index (κ3) is 3.64. The van der Waals surface area contributed by atoms with Gasteiger partial charge in [0.15, 0.2) is 0 Å². The molecule has 120 valence electrons. The van der Waals surface area contributed by atoms with Gasteiger partial charge in [-0.25, -0.2) is 14.4 Å². The van der Waals surface area contributed by atoms with Crippen molar-refractivity contribution in [2.75, 3.05) is 24.5 Å². The van der Waals surface area contributed by atoms with Gasteiger partial charge in [0.25, 0.3) is 0 Å². The first kappa shape index (κ1) is 15.4. The van der Waals surface area contributed by atoms with Crippen LogP contribution in [-0.2, 0) is 11.3 Å². The number of nitrogens with zero attached hydrogens (tertiary/aromatic N) is 4. The highest BCUT2D eigenvalue weighted by Crippen LogP contribution is 2.17. The lowest BCUT2D eigenvalue weighted by Crippen LogP contribution is -2.50. The number of carbonyl (C=O) groups excluding carboxylic acids is 1. The Balaban J connectivity index is 1.67. The van der Waals surface area contributed by atoms with E-state index in [1.807, 2.05) is 24.8 Å². The van der Waals surface area contributed by atoms with Crippen molar-refractivity contribution in [1.29, 1.82) is 0 Å². The van der Waals surface area contributed by atoms with Crippen LogP contribution in [0.2, 0.25) is 0 Å². The van der Waals surface area contributed by atoms with Gasteiger partial charge < -0.3 is 9.80 Å². The van der Waals surface area contributed by atoms with Gasteiger partial charge in [-0.1, -0.05) is 12.1 Å². The Labute approximate surface area is 134 Å². The fourth-order valence-corrected chi connectivity index (χ4v) is 2.74. The summed E-state index contributed by atoms with van der Waals surface area (Å²) in [6, 6.07) is 8.17. The van der Waals surface area contributed by atoms with E-state index in [2.05, 4.69) is 9.97 Å². The lowest BCUT2D eigenvalue weighted by atomic mass is 10.2. The lowest BCUT2D eigenvalue weighted by Gasteiger charge is -2.35. The smallest absolute Gasteiger partial charge is 0.242 e. The van der Waals surface area contributed by atoms with E-state index in [1.165, 1.54) is 12.1 Å². The van der Waals surface area contributed by atoms with Crippen molar-refractivity contribution >= 4 is 11.7 Å². The molecule has 0 saturated carbocycles. The summed E-state index contributed by atoms with van der Waals surface area (Å²) in [5.74, 6) is 1.29. The molecule has 0 aliphatic carbocycles. The van der Waals surface area contributed by atoms with Crippen LogP contribution in [-0.4, -0.2) is 40.4 Å². The molecule has 1 fully saturated rings. The number of anilines is 1. The predicted molar refractivity (Wildman–Crippen MR) is 85.5 cm³/mol. The van der Waals surface area contributed by atoms with Gasteiger partial charge in [0.05, 0.1) is 6.54 Å². The number of aryl methyl sites for hydroxylation is 2. The van der Waals surface area contributed by atoms with Gasteiger partial charge in [0.2, 0.25) is 5.91 Å². The summed E-state index contributed by atoms with van der Waals surface area (Å²) in [5, 5.41) is 0. The van der Waals surface area contributed by atoms with Gasteiger partial charge >= 0.3 is 0 Å². The van der Waals surface area contributed by atoms with E-state index < -0.39 is 0 Å². The minimum Gasteiger partial charge on any atom is -0.345 e. The number of hydrogen-bond donors (Lipinski definition) is 0. The van der Waals surface area contributed by atoms with Crippen molar-refractivity contribution in [3.05, 3.63) is 53.2 Å². The molecule has 3 rings (SSSR count). The normalized spacial score (nSPS) is 15.2. The van der Waals surface area contributed by atoms with E-state index in [1.54, 1.807) is 17.0 Å². The topological polar surface area (TPSA) is 49.3 Å². The maximum absolute atomic E-state index is 12.9. The Hall–Kier alpha value is -2.50. The second-order valence-electron chi connectivity index (χ2n) is 5.78. The maximum Gasteiger partial charge on any atom is 0.242 e. The van der Waals surface area contributed by atoms with Gasteiger partial charge in [-0.3, -0.25) is 4.79 Å². The van der Waals surface area contributed by atoms with Gasteiger partial charge in [-0.15, -0.1) is 0 Å². The summed E-state index contributed by atoms with van der Waals surface area (Å²) in [5.41, 5.74) is 1.83. The van der Waals surface area contributed by atoms with Crippen LogP contribution in [0.1, 0.15) is 17.1 Å². The van der Waals surface area contributed by atoms with Gasteiger partial charge in [-0.05, 0) is 31.5 Å². The quantitative estimate of drug-likeness (QED) is 0.870. The number of halogens is 1. The average Bonchev–Trinajstić information content (AvgIpc) is 2.50. The molecule has 6 heteroatoms. The highest BCUT2D eigenvalue weighted by molar-refractivity contribution is 5.82. The Morgan fingerprint density at radius 3 is 2.52 bits per heavy atom. The molecule has 2 aromatic rings. The van der Waals surface area contributed by atoms with Crippen molar-refractivity contribution in [3.63, 3.8) is 0 Å². The standard InChI is InChI=1S/C17H19FN4O/c1-12-9-16(20-13(2)19-12)21-7-8-22(17(23)11-21)10-14-3-5-15(18)6-4-14/h3-6,9H,7-8,10-11H2,1-2H3. The summed E-state index contributed by atoms with van der Waals surface area (Å²) < 4.78 is 12.9. The summed E-state index contributed by atoms with van der Waals surface area (Å²) in [6.45, 7) is 5.93. The molecule has 0 unspecified atom stereocenters. The van der Waals surface area contributed by atoms with Crippen LogP contribution in [0.5, 0.6) is 0 Å². The van der Waals surface area contributed by atoms with Crippen LogP contribution in [0.3, 0.4) is 0 Å². The van der Waals surface area contributed by atoms with E-state index in [9.17, 15) is 9.18 Å². The zero-order chi connectivity index (χ0) is 16.4. The molecule has 1 saturated heterocycles. The van der Waals surface area contributed by atoms with Crippen molar-refractivity contribution in [3.8, 4) is 0 Å². The van der Waals surface area contributed by atoms with Crippen molar-refractivity contribution in [2.24, 2.45) is 0 Å². The molecule has 23 heavy (non-hydrogen) atoms. The molecule has 0 radical (unpaired) electrons. The van der Waals surface area contributed by atoms with Crippen LogP contribution in [0, 0.1) is 19.7 Å². The summed E-state index contributed by atoms with van der Waals surface area (Å²) >= 11 is 0. The number of benzene rings is 1. The van der Waals surface area contributed by atoms with Crippen LogP contribution in [0.25, 0.3) is 0 Å². The molecule has 0 atom stereocenters. The highest BCUT2D eigenvalue weighted by atomic mass is 19.1. The van der Waals surface area contributed by atoms with E-state index in [4.69, 9.17) is 0 Å². The second kappa shape index (κ2) is 6.32. The molecular formula is C17H19FN4O. The fraction of sp³-hybridized carbons (Fsp3) is 0.353. The summed E-state index contributed by atoms with van der Waals surface area (Å²) in [4.78, 5) is 24.8. The third-order valence-corrected chi connectivity index (χ3v) is 3.88. The molecular weight excluding hydrogens is 295 g/mol. The minimum absolute atomic E-state index is 0.0505. The molecule has 0 spiro atoms. The molecule has 0 bridgehead atoms. The average molecular weight is 314 g/mol. The lowest BCUT2D eigenvalue weighted by molar-refractivity contribution is -0.131. The van der Waals surface area contributed by atoms with Crippen LogP contribution in [0.4, 0.5) is 10.2 Å². The zero-order valence-corrected chi connectivity index (χ0v) is 13.3. The molecule has 2 heterocycles. The Morgan fingerprint density at radius 1 is 1.13 bits per heavy atom. The summed E-state index contributed by atoms with van der Waals surface area (Å²) in [7, 11) is 0. The van der Waals surface area contributed by atoms with Crippen LogP contribution in [0.15, 0.2) is 30.3 Å². The van der Waals surface area contributed by atoms with Crippen LogP contribution < -0.4 is 4.90 Å². The van der Waals surface area contributed by atoms with E-state index in [-0.39, 0.29) is 11.7 Å². The van der Waals surface area contributed by atoms with Gasteiger partial charge in [0, 0.05) is 31.4 Å². The van der Waals surface area contributed by atoms with E-state index in [0.29, 0.717) is 25.5 Å². The third-order valence-electron chi connectivity index (χ3n) is 3.88. The van der Waals surface area contributed by atoms with Crippen molar-refractivity contribution in [1.82, 2.24) is 14.9 Å². The first-order chi connectivity index (χ1) is 11.0. The molecule has 1 aromatic carbocycles. The van der Waals surface area contributed by atoms with E-state index in [0.717, 1.165) is 23.6 Å². The zero-order valence-electron chi connectivity index (χ0n) is 13.3. The highest BCUT2D eigenvalue weighted by Gasteiger charge is 2.25. The Morgan fingerprint density at radius 2 is 1.87 bits per heavy atom. The number of carbonyl (C=O) groups is 1. The fourth-order valence-electron chi connectivity index (χ4n) is 2.74. The maximum atomic E-state index is 12.9. The molecule has 1 aliphatic rings. The molecule has 1 aromatic heterocycles. The largest absolute Gasteiger partial charge is 0.345 e. The molecule has 5 nitrogen and oxygen atoms in total. The second-order valence-corrected chi connectivity index (χ2v) is 5.78. The van der Waals surface area contributed by atoms with Gasteiger partial charge in [0.1, 0.15) is 17.5 Å². The number of rotatable bonds is 3. The van der Waals surface area contributed by atoms with E-state index >= 15 is 0 Å². The van der Waals surface area contributed by atoms with Crippen LogP contribution >= 0.6 is 0 Å². The SMILES string of the molecule is Cc1cc(N2CCN(Cc3ccc(F)cc3)C(=O)C2)nc(C)n1. The van der Waals surface area contributed by atoms with Gasteiger partial charge in [-0.2, -0.15) is 0 Å². The Bertz CT molecular complexity index is 697. The first-order valence-corrected chi connectivity index (χ1v) is 7.61. The van der Waals surface area contributed by atoms with Crippen molar-refractivity contribution < 1.29 is 9.18 Å². The number of amides is 1. The predicted octanol–water partition coefficient (Wildman–Crippen LogP) is 2.08. The molecule has 1 aliphatic heterocycles. The number of aromatic nitrogens is 2.